The maximum Gasteiger partial charge on any atom is 0.139 e. The fourth-order valence-electron chi connectivity index (χ4n) is 10.9. The van der Waals surface area contributed by atoms with E-state index in [9.17, 15) is 0 Å². The molecular weight excluding hydrogens is 795 g/mol. The highest BCUT2D eigenvalue weighted by Gasteiger charge is 2.20. The van der Waals surface area contributed by atoms with Crippen molar-refractivity contribution >= 4 is 109 Å². The van der Waals surface area contributed by atoms with Gasteiger partial charge in [0.25, 0.3) is 0 Å². The summed E-state index contributed by atoms with van der Waals surface area (Å²) >= 11 is 0. The van der Waals surface area contributed by atoms with Gasteiger partial charge in [-0.1, -0.05) is 103 Å². The summed E-state index contributed by atoms with van der Waals surface area (Å²) in [5.74, 6) is 0. The SMILES string of the molecule is c1ccc(-n2c3ccc(-c4ccc5c(c4)c4ccccc4n5-c4ccc5oc6cc7oc8ccccc8c7cc6c5c4)cc3c3cc(-n4c5ccccc5c5ccccc54)ccc32)cc1. The predicted octanol–water partition coefficient (Wildman–Crippen LogP) is 16.4. The molecule has 0 unspecified atom stereocenters. The normalized spacial score (nSPS) is 12.3. The molecule has 0 amide bonds. The Bertz CT molecular complexity index is 4430. The van der Waals surface area contributed by atoms with Crippen molar-refractivity contribution in [1.82, 2.24) is 13.7 Å². The van der Waals surface area contributed by atoms with Gasteiger partial charge in [0.05, 0.1) is 33.1 Å². The third-order valence-electron chi connectivity index (χ3n) is 13.8. The van der Waals surface area contributed by atoms with E-state index in [-0.39, 0.29) is 0 Å². The average molecular weight is 830 g/mol. The minimum atomic E-state index is 0.822. The molecule has 0 atom stereocenters. The maximum atomic E-state index is 6.44. The number of hydrogen-bond acceptors (Lipinski definition) is 2. The lowest BCUT2D eigenvalue weighted by atomic mass is 10.0. The zero-order chi connectivity index (χ0) is 42.3. The zero-order valence-corrected chi connectivity index (χ0v) is 34.9. The van der Waals surface area contributed by atoms with E-state index in [0.29, 0.717) is 0 Å². The molecule has 0 spiro atoms. The van der Waals surface area contributed by atoms with Crippen LogP contribution in [0.1, 0.15) is 0 Å². The van der Waals surface area contributed by atoms with Gasteiger partial charge in [0.1, 0.15) is 22.3 Å². The smallest absolute Gasteiger partial charge is 0.139 e. The van der Waals surface area contributed by atoms with Gasteiger partial charge in [-0.3, -0.25) is 0 Å². The standard InChI is InChI=1S/C60H35N3O2/c1-2-12-38(13-3-1)61-55-27-23-37(31-46(55)47-32-39(24-28-56(47)61)62-51-18-8-4-14-41(51)42-15-5-9-19-52(42)62)36-22-26-54-45(30-36)43-16-6-10-20-53(43)63(54)40-25-29-58-48(33-40)50-34-49-44-17-7-11-21-57(44)64-59(49)35-60(50)65-58/h1-35H. The van der Waals surface area contributed by atoms with Crippen LogP contribution >= 0.6 is 0 Å². The number of benzene rings is 10. The summed E-state index contributed by atoms with van der Waals surface area (Å²) in [7, 11) is 0. The lowest BCUT2D eigenvalue weighted by molar-refractivity contribution is 0.656. The summed E-state index contributed by atoms with van der Waals surface area (Å²) in [5.41, 5.74) is 16.2. The van der Waals surface area contributed by atoms with Gasteiger partial charge in [0, 0.05) is 77.0 Å². The Kier molecular flexibility index (Phi) is 6.89. The van der Waals surface area contributed by atoms with Gasteiger partial charge in [-0.15, -0.1) is 0 Å². The number of nitrogens with zero attached hydrogens (tertiary/aromatic N) is 3. The fraction of sp³-hybridized carbons (Fsp3) is 0. The van der Waals surface area contributed by atoms with Crippen LogP contribution in [-0.4, -0.2) is 13.7 Å². The summed E-state index contributed by atoms with van der Waals surface area (Å²) in [6.45, 7) is 0. The fourth-order valence-corrected chi connectivity index (χ4v) is 10.9. The van der Waals surface area contributed by atoms with Crippen molar-refractivity contribution in [3.05, 3.63) is 212 Å². The van der Waals surface area contributed by atoms with Crippen molar-refractivity contribution in [3.8, 4) is 28.2 Å². The van der Waals surface area contributed by atoms with Crippen LogP contribution in [0, 0.1) is 0 Å². The molecule has 0 saturated heterocycles. The van der Waals surface area contributed by atoms with E-state index in [1.165, 1.54) is 65.5 Å². The summed E-state index contributed by atoms with van der Waals surface area (Å²) in [6.07, 6.45) is 0. The predicted molar refractivity (Wildman–Crippen MR) is 269 cm³/mol. The van der Waals surface area contributed by atoms with Gasteiger partial charge in [-0.2, -0.15) is 0 Å². The molecule has 0 radical (unpaired) electrons. The van der Waals surface area contributed by atoms with Crippen LogP contribution in [0.5, 0.6) is 0 Å². The van der Waals surface area contributed by atoms with Gasteiger partial charge in [-0.25, -0.2) is 0 Å². The second-order valence-electron chi connectivity index (χ2n) is 17.3. The van der Waals surface area contributed by atoms with Crippen molar-refractivity contribution in [2.24, 2.45) is 0 Å². The Hall–Kier alpha value is -8.80. The summed E-state index contributed by atoms with van der Waals surface area (Å²) in [5, 5.41) is 11.7. The van der Waals surface area contributed by atoms with E-state index < -0.39 is 0 Å². The van der Waals surface area contributed by atoms with Crippen LogP contribution in [0.25, 0.3) is 137 Å². The molecule has 15 rings (SSSR count). The van der Waals surface area contributed by atoms with E-state index in [1.54, 1.807) is 0 Å². The maximum absolute atomic E-state index is 6.44. The number of aromatic nitrogens is 3. The highest BCUT2D eigenvalue weighted by molar-refractivity contribution is 6.17. The Morgan fingerprint density at radius 2 is 0.615 bits per heavy atom. The molecule has 0 bridgehead atoms. The lowest BCUT2D eigenvalue weighted by Crippen LogP contribution is -1.95. The summed E-state index contributed by atoms with van der Waals surface area (Å²) in [4.78, 5) is 0. The molecule has 0 aliphatic rings. The average Bonchev–Trinajstić information content (AvgIpc) is 4.16. The topological polar surface area (TPSA) is 41.1 Å². The first-order valence-electron chi connectivity index (χ1n) is 22.2. The van der Waals surface area contributed by atoms with Crippen LogP contribution < -0.4 is 0 Å². The van der Waals surface area contributed by atoms with E-state index >= 15 is 0 Å². The van der Waals surface area contributed by atoms with E-state index in [4.69, 9.17) is 8.83 Å². The van der Waals surface area contributed by atoms with Crippen LogP contribution in [-0.2, 0) is 0 Å². The van der Waals surface area contributed by atoms with Crippen molar-refractivity contribution in [2.75, 3.05) is 0 Å². The van der Waals surface area contributed by atoms with E-state index in [0.717, 1.165) is 72.0 Å². The molecule has 0 aliphatic carbocycles. The number of fused-ring (bicyclic) bond motifs is 15. The molecule has 5 nitrogen and oxygen atoms in total. The van der Waals surface area contributed by atoms with Crippen LogP contribution in [0.4, 0.5) is 0 Å². The molecule has 5 heterocycles. The minimum Gasteiger partial charge on any atom is -0.456 e. The monoisotopic (exact) mass is 829 g/mol. The van der Waals surface area contributed by atoms with Crippen molar-refractivity contribution in [2.45, 2.75) is 0 Å². The quantitative estimate of drug-likeness (QED) is 0.177. The van der Waals surface area contributed by atoms with Crippen molar-refractivity contribution in [3.63, 3.8) is 0 Å². The number of hydrogen-bond donors (Lipinski definition) is 0. The van der Waals surface area contributed by atoms with Crippen molar-refractivity contribution in [1.29, 1.82) is 0 Å². The van der Waals surface area contributed by atoms with Crippen molar-refractivity contribution < 1.29 is 8.83 Å². The molecule has 0 fully saturated rings. The number of rotatable bonds is 4. The summed E-state index contributed by atoms with van der Waals surface area (Å²) < 4.78 is 19.9. The Labute approximate surface area is 370 Å². The first kappa shape index (κ1) is 34.7. The molecule has 10 aromatic carbocycles. The molecule has 0 N–H and O–H groups in total. The molecular formula is C60H35N3O2. The van der Waals surface area contributed by atoms with Gasteiger partial charge >= 0.3 is 0 Å². The second kappa shape index (κ2) is 12.9. The third-order valence-corrected chi connectivity index (χ3v) is 13.8. The first-order valence-corrected chi connectivity index (χ1v) is 22.2. The molecule has 302 valence electrons. The van der Waals surface area contributed by atoms with Gasteiger partial charge < -0.3 is 22.5 Å². The highest BCUT2D eigenvalue weighted by atomic mass is 16.3. The highest BCUT2D eigenvalue weighted by Crippen LogP contribution is 2.42. The number of para-hydroxylation sites is 5. The van der Waals surface area contributed by atoms with Crippen LogP contribution in [0.3, 0.4) is 0 Å². The van der Waals surface area contributed by atoms with Gasteiger partial charge in [-0.05, 0) is 114 Å². The number of furan rings is 2. The molecule has 5 aromatic heterocycles. The second-order valence-corrected chi connectivity index (χ2v) is 17.3. The van der Waals surface area contributed by atoms with Crippen LogP contribution in [0.15, 0.2) is 221 Å². The van der Waals surface area contributed by atoms with E-state index in [1.807, 2.05) is 18.2 Å². The Morgan fingerprint density at radius 1 is 0.215 bits per heavy atom. The third kappa shape index (κ3) is 4.87. The first-order chi connectivity index (χ1) is 32.2. The van der Waals surface area contributed by atoms with Gasteiger partial charge in [0.2, 0.25) is 0 Å². The Balaban J connectivity index is 0.914. The lowest BCUT2D eigenvalue weighted by Gasteiger charge is -2.10. The van der Waals surface area contributed by atoms with Gasteiger partial charge in [0.15, 0.2) is 0 Å². The summed E-state index contributed by atoms with van der Waals surface area (Å²) in [6, 6.07) is 76.9. The molecule has 15 aromatic rings. The zero-order valence-electron chi connectivity index (χ0n) is 34.9. The van der Waals surface area contributed by atoms with E-state index in [2.05, 4.69) is 208 Å². The Morgan fingerprint density at radius 3 is 1.25 bits per heavy atom. The minimum absolute atomic E-state index is 0.822. The molecule has 0 saturated carbocycles. The van der Waals surface area contributed by atoms with Crippen LogP contribution in [0.2, 0.25) is 0 Å². The largest absolute Gasteiger partial charge is 0.456 e. The molecule has 65 heavy (non-hydrogen) atoms. The molecule has 5 heteroatoms. The molecule has 0 aliphatic heterocycles.